The minimum atomic E-state index is -0.198. The van der Waals surface area contributed by atoms with E-state index >= 15 is 0 Å². The highest BCUT2D eigenvalue weighted by molar-refractivity contribution is 5.71. The van der Waals surface area contributed by atoms with E-state index in [-0.39, 0.29) is 6.09 Å². The Labute approximate surface area is 73.0 Å². The van der Waals surface area contributed by atoms with Crippen molar-refractivity contribution in [2.24, 2.45) is 0 Å². The van der Waals surface area contributed by atoms with Crippen LogP contribution in [0.1, 0.15) is 26.7 Å². The lowest BCUT2D eigenvalue weighted by atomic mass is 10.2. The lowest BCUT2D eigenvalue weighted by molar-refractivity contribution is 0.163. The predicted octanol–water partition coefficient (Wildman–Crippen LogP) is 2.14. The summed E-state index contributed by atoms with van der Waals surface area (Å²) in [5, 5.41) is 0. The summed E-state index contributed by atoms with van der Waals surface area (Å²) in [6.07, 6.45) is 3.79. The Morgan fingerprint density at radius 3 is 2.92 bits per heavy atom. The Kier molecular flexibility index (Phi) is 3.14. The van der Waals surface area contributed by atoms with E-state index in [0.717, 1.165) is 18.5 Å². The lowest BCUT2D eigenvalue weighted by Crippen LogP contribution is -2.23. The third kappa shape index (κ3) is 1.78. The van der Waals surface area contributed by atoms with Gasteiger partial charge in [0.25, 0.3) is 0 Å². The molecule has 0 aliphatic carbocycles. The first kappa shape index (κ1) is 9.10. The number of hydrogen-bond donors (Lipinski definition) is 0. The number of ether oxygens (including phenoxy) is 1. The first-order chi connectivity index (χ1) is 5.79. The first-order valence-corrected chi connectivity index (χ1v) is 4.39. The molecule has 68 valence electrons. The highest BCUT2D eigenvalue weighted by atomic mass is 16.6. The number of amides is 1. The SMILES string of the molecule is C/C=C(\CCC)N1CCOC1=O. The number of allylic oxidation sites excluding steroid dienone is 2. The second-order valence-electron chi connectivity index (χ2n) is 2.80. The van der Waals surface area contributed by atoms with Crippen LogP contribution < -0.4 is 0 Å². The van der Waals surface area contributed by atoms with Gasteiger partial charge in [0, 0.05) is 5.70 Å². The van der Waals surface area contributed by atoms with E-state index in [1.807, 2.05) is 13.0 Å². The van der Waals surface area contributed by atoms with Crippen LogP contribution in [0.5, 0.6) is 0 Å². The van der Waals surface area contributed by atoms with Crippen molar-refractivity contribution in [3.8, 4) is 0 Å². The molecule has 0 saturated carbocycles. The fraction of sp³-hybridized carbons (Fsp3) is 0.667. The van der Waals surface area contributed by atoms with Crippen molar-refractivity contribution in [2.45, 2.75) is 26.7 Å². The van der Waals surface area contributed by atoms with Gasteiger partial charge in [-0.1, -0.05) is 19.4 Å². The number of cyclic esters (lactones) is 1. The Bertz CT molecular complexity index is 199. The average Bonchev–Trinajstić information content (AvgIpc) is 2.47. The summed E-state index contributed by atoms with van der Waals surface area (Å²) < 4.78 is 4.84. The fourth-order valence-electron chi connectivity index (χ4n) is 1.35. The predicted molar refractivity (Wildman–Crippen MR) is 46.7 cm³/mol. The Morgan fingerprint density at radius 2 is 2.50 bits per heavy atom. The van der Waals surface area contributed by atoms with E-state index in [1.165, 1.54) is 0 Å². The van der Waals surface area contributed by atoms with Gasteiger partial charge in [0.15, 0.2) is 0 Å². The van der Waals surface area contributed by atoms with Gasteiger partial charge < -0.3 is 4.74 Å². The molecule has 0 spiro atoms. The van der Waals surface area contributed by atoms with Crippen LogP contribution in [0.15, 0.2) is 11.8 Å². The zero-order valence-electron chi connectivity index (χ0n) is 7.67. The average molecular weight is 169 g/mol. The van der Waals surface area contributed by atoms with Crippen LogP contribution in [0, 0.1) is 0 Å². The maximum absolute atomic E-state index is 11.1. The van der Waals surface area contributed by atoms with Crippen LogP contribution in [-0.2, 0) is 4.74 Å². The summed E-state index contributed by atoms with van der Waals surface area (Å²) >= 11 is 0. The third-order valence-corrected chi connectivity index (χ3v) is 1.95. The van der Waals surface area contributed by atoms with Gasteiger partial charge in [0.1, 0.15) is 6.61 Å². The van der Waals surface area contributed by atoms with Gasteiger partial charge in [-0.05, 0) is 13.3 Å². The third-order valence-electron chi connectivity index (χ3n) is 1.95. The molecule has 0 aromatic heterocycles. The smallest absolute Gasteiger partial charge is 0.414 e. The van der Waals surface area contributed by atoms with Gasteiger partial charge in [-0.15, -0.1) is 0 Å². The van der Waals surface area contributed by atoms with Gasteiger partial charge in [0.2, 0.25) is 0 Å². The largest absolute Gasteiger partial charge is 0.447 e. The van der Waals surface area contributed by atoms with Gasteiger partial charge in [-0.2, -0.15) is 0 Å². The van der Waals surface area contributed by atoms with Crippen LogP contribution in [0.25, 0.3) is 0 Å². The summed E-state index contributed by atoms with van der Waals surface area (Å²) in [6.45, 7) is 5.29. The standard InChI is InChI=1S/C9H15NO2/c1-3-5-8(4-2)10-6-7-12-9(10)11/h4H,3,5-7H2,1-2H3/b8-4+. The molecule has 0 aromatic rings. The van der Waals surface area contributed by atoms with Crippen LogP contribution in [-0.4, -0.2) is 24.1 Å². The van der Waals surface area contributed by atoms with E-state index in [4.69, 9.17) is 4.74 Å². The molecule has 1 rings (SSSR count). The molecule has 0 bridgehead atoms. The monoisotopic (exact) mass is 169 g/mol. The molecular weight excluding hydrogens is 154 g/mol. The molecule has 1 saturated heterocycles. The fourth-order valence-corrected chi connectivity index (χ4v) is 1.35. The molecule has 0 unspecified atom stereocenters. The van der Waals surface area contributed by atoms with E-state index in [1.54, 1.807) is 4.90 Å². The van der Waals surface area contributed by atoms with Gasteiger partial charge >= 0.3 is 6.09 Å². The van der Waals surface area contributed by atoms with Crippen LogP contribution >= 0.6 is 0 Å². The molecule has 1 aliphatic rings. The Hall–Kier alpha value is -0.990. The number of hydrogen-bond acceptors (Lipinski definition) is 2. The second kappa shape index (κ2) is 4.14. The number of nitrogens with zero attached hydrogens (tertiary/aromatic N) is 1. The van der Waals surface area contributed by atoms with Crippen molar-refractivity contribution in [2.75, 3.05) is 13.2 Å². The molecule has 12 heavy (non-hydrogen) atoms. The zero-order chi connectivity index (χ0) is 8.97. The van der Waals surface area contributed by atoms with Crippen molar-refractivity contribution in [1.82, 2.24) is 4.90 Å². The van der Waals surface area contributed by atoms with Gasteiger partial charge in [-0.25, -0.2) is 4.79 Å². The van der Waals surface area contributed by atoms with E-state index < -0.39 is 0 Å². The summed E-state index contributed by atoms with van der Waals surface area (Å²) in [5.41, 5.74) is 1.08. The lowest BCUT2D eigenvalue weighted by Gasteiger charge is -2.15. The number of carbonyl (C=O) groups excluding carboxylic acids is 1. The van der Waals surface area contributed by atoms with Crippen molar-refractivity contribution in [1.29, 1.82) is 0 Å². The Balaban J connectivity index is 2.59. The quantitative estimate of drug-likeness (QED) is 0.647. The van der Waals surface area contributed by atoms with Crippen LogP contribution in [0.4, 0.5) is 4.79 Å². The second-order valence-corrected chi connectivity index (χ2v) is 2.80. The molecule has 3 heteroatoms. The zero-order valence-corrected chi connectivity index (χ0v) is 7.67. The molecule has 0 aromatic carbocycles. The highest BCUT2D eigenvalue weighted by Crippen LogP contribution is 2.16. The Morgan fingerprint density at radius 1 is 1.75 bits per heavy atom. The van der Waals surface area contributed by atoms with E-state index in [0.29, 0.717) is 13.2 Å². The van der Waals surface area contributed by atoms with E-state index in [9.17, 15) is 4.79 Å². The molecule has 1 fully saturated rings. The van der Waals surface area contributed by atoms with Crippen molar-refractivity contribution < 1.29 is 9.53 Å². The van der Waals surface area contributed by atoms with Crippen LogP contribution in [0.3, 0.4) is 0 Å². The molecule has 0 atom stereocenters. The summed E-state index contributed by atoms with van der Waals surface area (Å²) in [5.74, 6) is 0. The van der Waals surface area contributed by atoms with Crippen molar-refractivity contribution in [3.05, 3.63) is 11.8 Å². The molecule has 0 N–H and O–H groups in total. The molecule has 1 heterocycles. The molecule has 1 aliphatic heterocycles. The highest BCUT2D eigenvalue weighted by Gasteiger charge is 2.23. The van der Waals surface area contributed by atoms with Crippen LogP contribution in [0.2, 0.25) is 0 Å². The minimum Gasteiger partial charge on any atom is -0.447 e. The number of carbonyl (C=O) groups is 1. The summed E-state index contributed by atoms with van der Waals surface area (Å²) in [7, 11) is 0. The van der Waals surface area contributed by atoms with Gasteiger partial charge in [0.05, 0.1) is 6.54 Å². The van der Waals surface area contributed by atoms with Crippen molar-refractivity contribution in [3.63, 3.8) is 0 Å². The normalized spacial score (nSPS) is 18.3. The summed E-state index contributed by atoms with van der Waals surface area (Å²) in [6, 6.07) is 0. The topological polar surface area (TPSA) is 29.5 Å². The molecular formula is C9H15NO2. The molecule has 1 amide bonds. The van der Waals surface area contributed by atoms with Gasteiger partial charge in [-0.3, -0.25) is 4.90 Å². The minimum absolute atomic E-state index is 0.198. The van der Waals surface area contributed by atoms with Crippen molar-refractivity contribution >= 4 is 6.09 Å². The molecule has 0 radical (unpaired) electrons. The maximum Gasteiger partial charge on any atom is 0.414 e. The van der Waals surface area contributed by atoms with E-state index in [2.05, 4.69) is 6.92 Å². The number of rotatable bonds is 3. The first-order valence-electron chi connectivity index (χ1n) is 4.39. The maximum atomic E-state index is 11.1. The summed E-state index contributed by atoms with van der Waals surface area (Å²) in [4.78, 5) is 12.8. The molecule has 3 nitrogen and oxygen atoms in total.